The van der Waals surface area contributed by atoms with Crippen molar-refractivity contribution in [1.29, 1.82) is 0 Å². The number of hydrogen-bond acceptors (Lipinski definition) is 6. The predicted octanol–water partition coefficient (Wildman–Crippen LogP) is 3.43. The number of carbonyl (C=O) groups is 1. The van der Waals surface area contributed by atoms with Crippen LogP contribution in [0.15, 0.2) is 40.9 Å². The van der Waals surface area contributed by atoms with Crippen LogP contribution in [0.2, 0.25) is 0 Å². The molecule has 1 aliphatic carbocycles. The smallest absolute Gasteiger partial charge is 0.273 e. The van der Waals surface area contributed by atoms with Crippen molar-refractivity contribution in [2.75, 3.05) is 0 Å². The summed E-state index contributed by atoms with van der Waals surface area (Å²) in [6, 6.07) is 11.5. The normalized spacial score (nSPS) is 19.4. The molecule has 1 aliphatic rings. The van der Waals surface area contributed by atoms with Crippen molar-refractivity contribution in [1.82, 2.24) is 20.7 Å². The van der Waals surface area contributed by atoms with E-state index in [4.69, 9.17) is 4.52 Å². The first kappa shape index (κ1) is 16.0. The fourth-order valence-electron chi connectivity index (χ4n) is 2.89. The molecule has 128 valence electrons. The molecule has 1 fully saturated rings. The summed E-state index contributed by atoms with van der Waals surface area (Å²) in [7, 11) is 0. The van der Waals surface area contributed by atoms with Crippen LogP contribution in [0.1, 0.15) is 46.2 Å². The van der Waals surface area contributed by atoms with Gasteiger partial charge in [0.25, 0.3) is 5.91 Å². The maximum absolute atomic E-state index is 12.3. The standard InChI is InChI=1S/C18H18N4O2S/c1-2-16-20-21-18(25-16)12-8-13(9-12)19-17(23)14-10-15(24-22-14)11-6-4-3-5-7-11/h3-7,10,12-13H,2,8-9H2,1H3,(H,19,23)/t12-,13-. The van der Waals surface area contributed by atoms with E-state index >= 15 is 0 Å². The Morgan fingerprint density at radius 3 is 2.80 bits per heavy atom. The summed E-state index contributed by atoms with van der Waals surface area (Å²) in [4.78, 5) is 12.3. The number of rotatable bonds is 5. The van der Waals surface area contributed by atoms with Gasteiger partial charge < -0.3 is 9.84 Å². The molecule has 0 spiro atoms. The molecule has 2 aromatic heterocycles. The molecule has 1 saturated carbocycles. The summed E-state index contributed by atoms with van der Waals surface area (Å²) in [5.74, 6) is 0.805. The van der Waals surface area contributed by atoms with E-state index in [1.54, 1.807) is 17.4 Å². The fourth-order valence-corrected chi connectivity index (χ4v) is 3.80. The topological polar surface area (TPSA) is 80.9 Å². The van der Waals surface area contributed by atoms with E-state index in [-0.39, 0.29) is 11.9 Å². The first-order valence-electron chi connectivity index (χ1n) is 8.38. The van der Waals surface area contributed by atoms with Crippen LogP contribution in [0.5, 0.6) is 0 Å². The first-order valence-corrected chi connectivity index (χ1v) is 9.20. The molecule has 1 N–H and O–H groups in total. The Hall–Kier alpha value is -2.54. The molecule has 4 rings (SSSR count). The summed E-state index contributed by atoms with van der Waals surface area (Å²) >= 11 is 1.67. The maximum Gasteiger partial charge on any atom is 0.273 e. The predicted molar refractivity (Wildman–Crippen MR) is 94.5 cm³/mol. The molecule has 7 heteroatoms. The van der Waals surface area contributed by atoms with Gasteiger partial charge >= 0.3 is 0 Å². The lowest BCUT2D eigenvalue weighted by molar-refractivity contribution is 0.0899. The third-order valence-corrected chi connectivity index (χ3v) is 5.64. The van der Waals surface area contributed by atoms with Gasteiger partial charge in [0.15, 0.2) is 11.5 Å². The van der Waals surface area contributed by atoms with Gasteiger partial charge in [-0.1, -0.05) is 42.4 Å². The highest BCUT2D eigenvalue weighted by molar-refractivity contribution is 7.11. The minimum absolute atomic E-state index is 0.156. The zero-order valence-electron chi connectivity index (χ0n) is 13.8. The van der Waals surface area contributed by atoms with Crippen molar-refractivity contribution in [3.8, 4) is 11.3 Å². The molecule has 0 unspecified atom stereocenters. The van der Waals surface area contributed by atoms with Crippen LogP contribution in [-0.4, -0.2) is 27.3 Å². The molecule has 1 aromatic carbocycles. The summed E-state index contributed by atoms with van der Waals surface area (Å²) in [5.41, 5.74) is 1.22. The van der Waals surface area contributed by atoms with Crippen LogP contribution in [-0.2, 0) is 6.42 Å². The molecular weight excluding hydrogens is 336 g/mol. The average Bonchev–Trinajstić information content (AvgIpc) is 3.27. The summed E-state index contributed by atoms with van der Waals surface area (Å²) in [6.45, 7) is 2.08. The van der Waals surface area contributed by atoms with Gasteiger partial charge in [-0.25, -0.2) is 0 Å². The molecule has 2 heterocycles. The molecule has 6 nitrogen and oxygen atoms in total. The van der Waals surface area contributed by atoms with Crippen molar-refractivity contribution in [2.45, 2.75) is 38.1 Å². The van der Waals surface area contributed by atoms with E-state index in [9.17, 15) is 4.79 Å². The van der Waals surface area contributed by atoms with Gasteiger partial charge in [-0.3, -0.25) is 4.79 Å². The van der Waals surface area contributed by atoms with Crippen molar-refractivity contribution in [3.05, 3.63) is 52.1 Å². The van der Waals surface area contributed by atoms with Gasteiger partial charge in [-0.2, -0.15) is 0 Å². The highest BCUT2D eigenvalue weighted by Crippen LogP contribution is 2.38. The van der Waals surface area contributed by atoms with Crippen LogP contribution in [0.4, 0.5) is 0 Å². The molecule has 1 amide bonds. The number of nitrogens with zero attached hydrogens (tertiary/aromatic N) is 3. The third kappa shape index (κ3) is 3.32. The summed E-state index contributed by atoms with van der Waals surface area (Å²) in [5, 5.41) is 17.5. The van der Waals surface area contributed by atoms with Crippen LogP contribution >= 0.6 is 11.3 Å². The lowest BCUT2D eigenvalue weighted by Crippen LogP contribution is -2.43. The Balaban J connectivity index is 1.34. The van der Waals surface area contributed by atoms with Gasteiger partial charge in [0.05, 0.1) is 0 Å². The number of aromatic nitrogens is 3. The molecule has 25 heavy (non-hydrogen) atoms. The van der Waals surface area contributed by atoms with Crippen LogP contribution in [0.25, 0.3) is 11.3 Å². The molecule has 0 radical (unpaired) electrons. The SMILES string of the molecule is CCc1nnc([C@H]2C[C@H](NC(=O)c3cc(-c4ccccc4)on3)C2)s1. The van der Waals surface area contributed by atoms with Crippen LogP contribution in [0.3, 0.4) is 0 Å². The third-order valence-electron chi connectivity index (χ3n) is 4.41. The second-order valence-electron chi connectivity index (χ2n) is 6.17. The Morgan fingerprint density at radius 1 is 1.28 bits per heavy atom. The number of amides is 1. The number of nitrogens with one attached hydrogen (secondary N) is 1. The Labute approximate surface area is 149 Å². The van der Waals surface area contributed by atoms with Gasteiger partial charge in [0.1, 0.15) is 10.0 Å². The quantitative estimate of drug-likeness (QED) is 0.759. The lowest BCUT2D eigenvalue weighted by Gasteiger charge is -2.33. The van der Waals surface area contributed by atoms with Gasteiger partial charge in [-0.15, -0.1) is 21.5 Å². The van der Waals surface area contributed by atoms with E-state index in [0.29, 0.717) is 17.4 Å². The van der Waals surface area contributed by atoms with Gasteiger partial charge in [0.2, 0.25) is 0 Å². The second kappa shape index (κ2) is 6.76. The van der Waals surface area contributed by atoms with E-state index in [0.717, 1.165) is 34.8 Å². The average molecular weight is 354 g/mol. The molecule has 0 atom stereocenters. The van der Waals surface area contributed by atoms with E-state index in [2.05, 4.69) is 27.6 Å². The summed E-state index contributed by atoms with van der Waals surface area (Å²) < 4.78 is 5.28. The lowest BCUT2D eigenvalue weighted by atomic mass is 9.80. The molecule has 3 aromatic rings. The highest BCUT2D eigenvalue weighted by Gasteiger charge is 2.34. The van der Waals surface area contributed by atoms with Gasteiger partial charge in [0, 0.05) is 23.6 Å². The minimum Gasteiger partial charge on any atom is -0.355 e. The number of aryl methyl sites for hydroxylation is 1. The van der Waals surface area contributed by atoms with Crippen LogP contribution in [0, 0.1) is 0 Å². The zero-order valence-corrected chi connectivity index (χ0v) is 14.6. The van der Waals surface area contributed by atoms with Crippen molar-refractivity contribution in [2.24, 2.45) is 0 Å². The van der Waals surface area contributed by atoms with E-state index in [1.165, 1.54) is 0 Å². The number of benzene rings is 1. The van der Waals surface area contributed by atoms with Crippen molar-refractivity contribution < 1.29 is 9.32 Å². The highest BCUT2D eigenvalue weighted by atomic mass is 32.1. The summed E-state index contributed by atoms with van der Waals surface area (Å²) in [6.07, 6.45) is 2.71. The maximum atomic E-state index is 12.3. The molecule has 0 bridgehead atoms. The Bertz CT molecular complexity index is 868. The largest absolute Gasteiger partial charge is 0.355 e. The van der Waals surface area contributed by atoms with Crippen molar-refractivity contribution >= 4 is 17.2 Å². The molecule has 0 saturated heterocycles. The fraction of sp³-hybridized carbons (Fsp3) is 0.333. The molecule has 0 aliphatic heterocycles. The Kier molecular flexibility index (Phi) is 4.31. The van der Waals surface area contributed by atoms with E-state index < -0.39 is 0 Å². The monoisotopic (exact) mass is 354 g/mol. The first-order chi connectivity index (χ1) is 12.2. The zero-order chi connectivity index (χ0) is 17.2. The minimum atomic E-state index is -0.194. The van der Waals surface area contributed by atoms with E-state index in [1.807, 2.05) is 30.3 Å². The van der Waals surface area contributed by atoms with Crippen LogP contribution < -0.4 is 5.32 Å². The van der Waals surface area contributed by atoms with Crippen molar-refractivity contribution in [3.63, 3.8) is 0 Å². The van der Waals surface area contributed by atoms with Gasteiger partial charge in [-0.05, 0) is 19.3 Å². The number of hydrogen-bond donors (Lipinski definition) is 1. The molecular formula is C18H18N4O2S. The number of carbonyl (C=O) groups excluding carboxylic acids is 1. The second-order valence-corrected chi connectivity index (χ2v) is 7.26. The Morgan fingerprint density at radius 2 is 2.08 bits per heavy atom.